The summed E-state index contributed by atoms with van der Waals surface area (Å²) in [5, 5.41) is -0.269. The molecule has 0 saturated heterocycles. The van der Waals surface area contributed by atoms with Crippen LogP contribution >= 0.6 is 11.6 Å². The van der Waals surface area contributed by atoms with Crippen molar-refractivity contribution in [1.82, 2.24) is 0 Å². The number of Topliss-reactive ketones (excluding diaryl/α,β-unsaturated/α-hetero) is 1. The Kier molecular flexibility index (Phi) is 11.6. The van der Waals surface area contributed by atoms with Crippen LogP contribution in [0, 0.1) is 17.3 Å². The minimum atomic E-state index is -0.269. The number of rotatable bonds is 5. The van der Waals surface area contributed by atoms with Gasteiger partial charge >= 0.3 is 0 Å². The molecule has 3 nitrogen and oxygen atoms in total. The molecule has 0 bridgehead atoms. The highest BCUT2D eigenvalue weighted by atomic mass is 35.5. The average Bonchev–Trinajstić information content (AvgIpc) is 2.41. The van der Waals surface area contributed by atoms with E-state index in [0.29, 0.717) is 31.3 Å². The fraction of sp³-hybridized carbons (Fsp3) is 0.625. The number of carbonyl (C=O) groups excluding carboxylic acids is 2. The molecule has 1 aliphatic rings. The maximum absolute atomic E-state index is 11.1. The van der Waals surface area contributed by atoms with Crippen LogP contribution in [-0.2, 0) is 14.3 Å². The Morgan fingerprint density at radius 2 is 1.95 bits per heavy atom. The molecule has 1 saturated carbocycles. The van der Waals surface area contributed by atoms with Crippen molar-refractivity contribution < 1.29 is 14.3 Å². The standard InChI is InChI=1S/C10H16O2.C4H7ClO.C2H4/c1-4-5-12-7-8-6-9(11)10(8,2)3;1-3(2)4(5)6;1-2/h4,8H,1,5-7H2,2-3H3;3H,1-2H3;1-2H2. The summed E-state index contributed by atoms with van der Waals surface area (Å²) < 4.78 is 5.30. The lowest BCUT2D eigenvalue weighted by Crippen LogP contribution is -2.47. The number of halogens is 1. The van der Waals surface area contributed by atoms with Crippen LogP contribution in [0.3, 0.4) is 0 Å². The molecule has 0 radical (unpaired) electrons. The Bertz CT molecular complexity index is 322. The van der Waals surface area contributed by atoms with Gasteiger partial charge in [0.2, 0.25) is 5.24 Å². The predicted molar refractivity (Wildman–Crippen MR) is 84.9 cm³/mol. The van der Waals surface area contributed by atoms with E-state index < -0.39 is 0 Å². The van der Waals surface area contributed by atoms with Gasteiger partial charge in [-0.25, -0.2) is 0 Å². The third kappa shape index (κ3) is 7.61. The highest BCUT2D eigenvalue weighted by Crippen LogP contribution is 2.42. The third-order valence-corrected chi connectivity index (χ3v) is 3.62. The molecule has 0 aromatic rings. The van der Waals surface area contributed by atoms with Crippen molar-refractivity contribution in [1.29, 1.82) is 0 Å². The lowest BCUT2D eigenvalue weighted by molar-refractivity contribution is -0.146. The van der Waals surface area contributed by atoms with E-state index in [1.54, 1.807) is 19.9 Å². The normalized spacial score (nSPS) is 18.9. The number of hydrogen-bond donors (Lipinski definition) is 0. The number of hydrogen-bond acceptors (Lipinski definition) is 3. The second-order valence-electron chi connectivity index (χ2n) is 5.33. The first-order chi connectivity index (χ1) is 9.23. The monoisotopic (exact) mass is 302 g/mol. The van der Waals surface area contributed by atoms with Gasteiger partial charge in [-0.1, -0.05) is 33.8 Å². The van der Waals surface area contributed by atoms with E-state index in [1.807, 2.05) is 13.8 Å². The van der Waals surface area contributed by atoms with Gasteiger partial charge in [0.1, 0.15) is 5.78 Å². The summed E-state index contributed by atoms with van der Waals surface area (Å²) in [5.41, 5.74) is -0.152. The molecule has 20 heavy (non-hydrogen) atoms. The van der Waals surface area contributed by atoms with Gasteiger partial charge in [0, 0.05) is 23.7 Å². The van der Waals surface area contributed by atoms with E-state index in [9.17, 15) is 9.59 Å². The second kappa shape index (κ2) is 10.8. The van der Waals surface area contributed by atoms with Crippen molar-refractivity contribution in [3.63, 3.8) is 0 Å². The van der Waals surface area contributed by atoms with Gasteiger partial charge in [0.05, 0.1) is 13.2 Å². The van der Waals surface area contributed by atoms with Crippen molar-refractivity contribution >= 4 is 22.6 Å². The topological polar surface area (TPSA) is 43.4 Å². The summed E-state index contributed by atoms with van der Waals surface area (Å²) in [4.78, 5) is 21.0. The molecule has 1 atom stereocenters. The fourth-order valence-corrected chi connectivity index (χ4v) is 1.40. The van der Waals surface area contributed by atoms with Crippen LogP contribution < -0.4 is 0 Å². The minimum Gasteiger partial charge on any atom is -0.377 e. The van der Waals surface area contributed by atoms with Gasteiger partial charge in [-0.3, -0.25) is 9.59 Å². The highest BCUT2D eigenvalue weighted by Gasteiger charge is 2.46. The summed E-state index contributed by atoms with van der Waals surface area (Å²) in [6.45, 7) is 18.3. The Morgan fingerprint density at radius 1 is 1.50 bits per heavy atom. The molecule has 1 rings (SSSR count). The quantitative estimate of drug-likeness (QED) is 0.438. The summed E-state index contributed by atoms with van der Waals surface area (Å²) in [5.74, 6) is 0.742. The molecule has 0 spiro atoms. The maximum Gasteiger partial charge on any atom is 0.224 e. The van der Waals surface area contributed by atoms with Crippen LogP contribution in [0.4, 0.5) is 0 Å². The summed E-state index contributed by atoms with van der Waals surface area (Å²) >= 11 is 4.97. The summed E-state index contributed by atoms with van der Waals surface area (Å²) in [7, 11) is 0. The van der Waals surface area contributed by atoms with Crippen LogP contribution in [-0.4, -0.2) is 24.2 Å². The molecular formula is C16H27ClO3. The summed E-state index contributed by atoms with van der Waals surface area (Å²) in [6, 6.07) is 0. The molecule has 1 aliphatic carbocycles. The zero-order valence-electron chi connectivity index (χ0n) is 13.1. The lowest BCUT2D eigenvalue weighted by Gasteiger charge is -2.42. The van der Waals surface area contributed by atoms with Gasteiger partial charge in [0.25, 0.3) is 0 Å². The number of ether oxygens (including phenoxy) is 1. The smallest absolute Gasteiger partial charge is 0.224 e. The van der Waals surface area contributed by atoms with Gasteiger partial charge in [0.15, 0.2) is 0 Å². The molecule has 1 fully saturated rings. The fourth-order valence-electron chi connectivity index (χ4n) is 1.40. The Balaban J connectivity index is 0. The zero-order valence-corrected chi connectivity index (χ0v) is 13.8. The molecule has 0 aromatic carbocycles. The lowest BCUT2D eigenvalue weighted by atomic mass is 9.62. The molecule has 0 aliphatic heterocycles. The number of carbonyl (C=O) groups is 2. The summed E-state index contributed by atoms with van der Waals surface area (Å²) in [6.07, 6.45) is 2.41. The van der Waals surface area contributed by atoms with E-state index in [0.717, 1.165) is 0 Å². The Labute approximate surface area is 128 Å². The van der Waals surface area contributed by atoms with Crippen LogP contribution in [0.25, 0.3) is 0 Å². The molecular weight excluding hydrogens is 276 g/mol. The van der Waals surface area contributed by atoms with Crippen LogP contribution in [0.1, 0.15) is 34.1 Å². The van der Waals surface area contributed by atoms with Crippen LogP contribution in [0.5, 0.6) is 0 Å². The van der Waals surface area contributed by atoms with E-state index >= 15 is 0 Å². The van der Waals surface area contributed by atoms with Crippen molar-refractivity contribution in [3.05, 3.63) is 25.8 Å². The largest absolute Gasteiger partial charge is 0.377 e. The first kappa shape index (κ1) is 21.4. The van der Waals surface area contributed by atoms with E-state index in [2.05, 4.69) is 19.7 Å². The molecule has 0 heterocycles. The number of ketones is 1. The van der Waals surface area contributed by atoms with Gasteiger partial charge in [-0.15, -0.1) is 19.7 Å². The van der Waals surface area contributed by atoms with E-state index in [4.69, 9.17) is 16.3 Å². The Morgan fingerprint density at radius 3 is 2.20 bits per heavy atom. The van der Waals surface area contributed by atoms with E-state index in [-0.39, 0.29) is 16.6 Å². The van der Waals surface area contributed by atoms with Crippen LogP contribution in [0.15, 0.2) is 25.8 Å². The van der Waals surface area contributed by atoms with Crippen molar-refractivity contribution in [2.45, 2.75) is 34.1 Å². The first-order valence-corrected chi connectivity index (χ1v) is 7.02. The van der Waals surface area contributed by atoms with E-state index in [1.165, 1.54) is 0 Å². The van der Waals surface area contributed by atoms with Gasteiger partial charge < -0.3 is 4.74 Å². The molecule has 0 aromatic heterocycles. The Hall–Kier alpha value is -0.930. The van der Waals surface area contributed by atoms with Crippen molar-refractivity contribution in [3.8, 4) is 0 Å². The molecule has 1 unspecified atom stereocenters. The van der Waals surface area contributed by atoms with Crippen molar-refractivity contribution in [2.75, 3.05) is 13.2 Å². The third-order valence-electron chi connectivity index (χ3n) is 3.18. The first-order valence-electron chi connectivity index (χ1n) is 6.64. The predicted octanol–water partition coefficient (Wildman–Crippen LogP) is 4.01. The van der Waals surface area contributed by atoms with Gasteiger partial charge in [-0.2, -0.15) is 0 Å². The SMILES string of the molecule is C=C.C=CCOCC1CC(=O)C1(C)C.CC(C)C(=O)Cl. The minimum absolute atomic E-state index is 0.0216. The van der Waals surface area contributed by atoms with Crippen molar-refractivity contribution in [2.24, 2.45) is 17.3 Å². The van der Waals surface area contributed by atoms with Crippen LogP contribution in [0.2, 0.25) is 0 Å². The molecule has 0 N–H and O–H groups in total. The van der Waals surface area contributed by atoms with Gasteiger partial charge in [-0.05, 0) is 11.6 Å². The maximum atomic E-state index is 11.1. The average molecular weight is 303 g/mol. The highest BCUT2D eigenvalue weighted by molar-refractivity contribution is 6.63. The molecule has 4 heteroatoms. The zero-order chi connectivity index (χ0) is 16.3. The second-order valence-corrected chi connectivity index (χ2v) is 5.70. The molecule has 0 amide bonds. The molecule has 116 valence electrons.